The monoisotopic (exact) mass is 292 g/mol. The first-order valence-electron chi connectivity index (χ1n) is 5.64. The molecule has 0 saturated heterocycles. The van der Waals surface area contributed by atoms with Crippen molar-refractivity contribution in [3.63, 3.8) is 0 Å². The van der Waals surface area contributed by atoms with Crippen molar-refractivity contribution in [2.45, 2.75) is 19.2 Å². The minimum atomic E-state index is -4.53. The molecule has 0 spiro atoms. The number of nitrogens with two attached hydrogens (primary N) is 1. The summed E-state index contributed by atoms with van der Waals surface area (Å²) in [4.78, 5) is 0. The van der Waals surface area contributed by atoms with Gasteiger partial charge in [0, 0.05) is 7.11 Å². The van der Waals surface area contributed by atoms with Gasteiger partial charge in [-0.2, -0.15) is 13.2 Å². The van der Waals surface area contributed by atoms with Gasteiger partial charge in [-0.15, -0.1) is 0 Å². The van der Waals surface area contributed by atoms with E-state index in [0.717, 1.165) is 18.2 Å². The highest BCUT2D eigenvalue weighted by Crippen LogP contribution is 2.32. The molecule has 1 rings (SSSR count). The maximum atomic E-state index is 12.6. The maximum Gasteiger partial charge on any atom is 0.416 e. The molecule has 20 heavy (non-hydrogen) atoms. The lowest BCUT2D eigenvalue weighted by Gasteiger charge is -2.17. The van der Waals surface area contributed by atoms with Crippen LogP contribution >= 0.6 is 0 Å². The molecule has 3 N–H and O–H groups in total. The van der Waals surface area contributed by atoms with Crippen LogP contribution in [-0.4, -0.2) is 30.9 Å². The third kappa shape index (κ3) is 4.02. The summed E-state index contributed by atoms with van der Waals surface area (Å²) in [7, 11) is 1.47. The SMILES string of the molecule is COCC(C)Oc1ccc(C(F)(F)F)cc1C(N)=NO. The Morgan fingerprint density at radius 3 is 2.60 bits per heavy atom. The van der Waals surface area contributed by atoms with Gasteiger partial charge < -0.3 is 20.4 Å². The standard InChI is InChI=1S/C12H15F3N2O3/c1-7(6-19-2)20-10-4-3-8(12(13,14)15)5-9(10)11(16)17-18/h3-5,7,18H,6H2,1-2H3,(H2,16,17). The molecule has 1 atom stereocenters. The topological polar surface area (TPSA) is 77.1 Å². The van der Waals surface area contributed by atoms with Crippen molar-refractivity contribution in [2.24, 2.45) is 10.9 Å². The second-order valence-corrected chi connectivity index (χ2v) is 4.08. The van der Waals surface area contributed by atoms with Crippen molar-refractivity contribution in [1.82, 2.24) is 0 Å². The van der Waals surface area contributed by atoms with Crippen LogP contribution in [0.15, 0.2) is 23.4 Å². The zero-order valence-corrected chi connectivity index (χ0v) is 10.9. The molecule has 8 heteroatoms. The van der Waals surface area contributed by atoms with Gasteiger partial charge in [0.2, 0.25) is 0 Å². The van der Waals surface area contributed by atoms with Gasteiger partial charge in [-0.1, -0.05) is 5.16 Å². The zero-order valence-electron chi connectivity index (χ0n) is 10.9. The summed E-state index contributed by atoms with van der Waals surface area (Å²) in [6.07, 6.45) is -4.93. The van der Waals surface area contributed by atoms with E-state index in [-0.39, 0.29) is 17.9 Å². The number of nitrogens with zero attached hydrogens (tertiary/aromatic N) is 1. The molecule has 0 radical (unpaired) electrons. The normalized spacial score (nSPS) is 14.2. The second-order valence-electron chi connectivity index (χ2n) is 4.08. The zero-order chi connectivity index (χ0) is 15.3. The van der Waals surface area contributed by atoms with Crippen molar-refractivity contribution in [3.05, 3.63) is 29.3 Å². The third-order valence-corrected chi connectivity index (χ3v) is 2.42. The van der Waals surface area contributed by atoms with Gasteiger partial charge in [0.15, 0.2) is 5.84 Å². The molecule has 5 nitrogen and oxygen atoms in total. The van der Waals surface area contributed by atoms with E-state index >= 15 is 0 Å². The van der Waals surface area contributed by atoms with Crippen molar-refractivity contribution in [1.29, 1.82) is 0 Å². The van der Waals surface area contributed by atoms with E-state index in [1.165, 1.54) is 7.11 Å². The molecule has 1 unspecified atom stereocenters. The minimum absolute atomic E-state index is 0.0813. The highest BCUT2D eigenvalue weighted by atomic mass is 19.4. The minimum Gasteiger partial charge on any atom is -0.488 e. The predicted octanol–water partition coefficient (Wildman–Crippen LogP) is 2.21. The van der Waals surface area contributed by atoms with Gasteiger partial charge in [0.05, 0.1) is 17.7 Å². The predicted molar refractivity (Wildman–Crippen MR) is 65.9 cm³/mol. The molecule has 0 heterocycles. The number of alkyl halides is 3. The summed E-state index contributed by atoms with van der Waals surface area (Å²) >= 11 is 0. The Morgan fingerprint density at radius 2 is 2.10 bits per heavy atom. The summed E-state index contributed by atoms with van der Waals surface area (Å²) in [6, 6.07) is 2.76. The van der Waals surface area contributed by atoms with E-state index in [1.807, 2.05) is 0 Å². The van der Waals surface area contributed by atoms with Crippen LogP contribution in [0.2, 0.25) is 0 Å². The summed E-state index contributed by atoms with van der Waals surface area (Å²) in [5.41, 5.74) is 4.33. The van der Waals surface area contributed by atoms with Gasteiger partial charge in [-0.05, 0) is 25.1 Å². The van der Waals surface area contributed by atoms with E-state index in [2.05, 4.69) is 5.16 Å². The Balaban J connectivity index is 3.17. The van der Waals surface area contributed by atoms with Crippen LogP contribution in [0, 0.1) is 0 Å². The number of ether oxygens (including phenoxy) is 2. The van der Waals surface area contributed by atoms with Gasteiger partial charge in [-0.3, -0.25) is 0 Å². The Bertz CT molecular complexity index is 489. The first kappa shape index (κ1) is 16.1. The first-order valence-corrected chi connectivity index (χ1v) is 5.64. The average molecular weight is 292 g/mol. The molecule has 0 aliphatic heterocycles. The average Bonchev–Trinajstić information content (AvgIpc) is 2.37. The van der Waals surface area contributed by atoms with Crippen molar-refractivity contribution in [2.75, 3.05) is 13.7 Å². The molecule has 0 fully saturated rings. The van der Waals surface area contributed by atoms with E-state index < -0.39 is 23.7 Å². The van der Waals surface area contributed by atoms with Crippen LogP contribution in [-0.2, 0) is 10.9 Å². The van der Waals surface area contributed by atoms with Gasteiger partial charge in [0.25, 0.3) is 0 Å². The first-order chi connectivity index (χ1) is 9.29. The van der Waals surface area contributed by atoms with Crippen molar-refractivity contribution < 1.29 is 27.9 Å². The number of hydrogen-bond acceptors (Lipinski definition) is 4. The fourth-order valence-corrected chi connectivity index (χ4v) is 1.55. The Hall–Kier alpha value is -1.96. The summed E-state index contributed by atoms with van der Waals surface area (Å²) < 4.78 is 48.2. The van der Waals surface area contributed by atoms with E-state index in [0.29, 0.717) is 0 Å². The van der Waals surface area contributed by atoms with Crippen LogP contribution in [0.5, 0.6) is 5.75 Å². The van der Waals surface area contributed by atoms with E-state index in [1.54, 1.807) is 6.92 Å². The quantitative estimate of drug-likeness (QED) is 0.377. The number of hydrogen-bond donors (Lipinski definition) is 2. The fourth-order valence-electron chi connectivity index (χ4n) is 1.55. The largest absolute Gasteiger partial charge is 0.488 e. The lowest BCUT2D eigenvalue weighted by Crippen LogP contribution is -2.22. The fraction of sp³-hybridized carbons (Fsp3) is 0.417. The summed E-state index contributed by atoms with van der Waals surface area (Å²) in [6.45, 7) is 1.92. The second kappa shape index (κ2) is 6.47. The molecule has 112 valence electrons. The van der Waals surface area contributed by atoms with E-state index in [9.17, 15) is 13.2 Å². The number of benzene rings is 1. The van der Waals surface area contributed by atoms with E-state index in [4.69, 9.17) is 20.4 Å². The molecule has 0 aliphatic carbocycles. The smallest absolute Gasteiger partial charge is 0.416 e. The highest BCUT2D eigenvalue weighted by molar-refractivity contribution is 5.99. The Morgan fingerprint density at radius 1 is 1.45 bits per heavy atom. The molecule has 0 aromatic heterocycles. The number of rotatable bonds is 5. The molecular weight excluding hydrogens is 277 g/mol. The van der Waals surface area contributed by atoms with Crippen LogP contribution in [0.25, 0.3) is 0 Å². The number of oxime groups is 1. The molecule has 1 aromatic carbocycles. The molecule has 0 aliphatic rings. The van der Waals surface area contributed by atoms with Gasteiger partial charge in [0.1, 0.15) is 11.9 Å². The van der Waals surface area contributed by atoms with Crippen LogP contribution < -0.4 is 10.5 Å². The maximum absolute atomic E-state index is 12.6. The Labute approximate surface area is 113 Å². The van der Waals surface area contributed by atoms with Crippen LogP contribution in [0.3, 0.4) is 0 Å². The molecule has 0 saturated carbocycles. The van der Waals surface area contributed by atoms with Crippen molar-refractivity contribution in [3.8, 4) is 5.75 Å². The lowest BCUT2D eigenvalue weighted by molar-refractivity contribution is -0.137. The van der Waals surface area contributed by atoms with Crippen LogP contribution in [0.4, 0.5) is 13.2 Å². The van der Waals surface area contributed by atoms with Crippen molar-refractivity contribution >= 4 is 5.84 Å². The Kier molecular flexibility index (Phi) is 5.20. The molecular formula is C12H15F3N2O3. The number of amidine groups is 1. The summed E-state index contributed by atoms with van der Waals surface area (Å²) in [5.74, 6) is -0.381. The highest BCUT2D eigenvalue weighted by Gasteiger charge is 2.31. The van der Waals surface area contributed by atoms with Gasteiger partial charge in [-0.25, -0.2) is 0 Å². The summed E-state index contributed by atoms with van der Waals surface area (Å²) in [5, 5.41) is 11.4. The molecule has 0 amide bonds. The number of halogens is 3. The lowest BCUT2D eigenvalue weighted by atomic mass is 10.1. The van der Waals surface area contributed by atoms with Gasteiger partial charge >= 0.3 is 6.18 Å². The third-order valence-electron chi connectivity index (χ3n) is 2.42. The molecule has 0 bridgehead atoms. The molecule has 1 aromatic rings. The number of methoxy groups -OCH3 is 1. The van der Waals surface area contributed by atoms with Crippen LogP contribution in [0.1, 0.15) is 18.1 Å².